The number of hydrogen-bond acceptors (Lipinski definition) is 4. The van der Waals surface area contributed by atoms with Crippen LogP contribution in [0.3, 0.4) is 0 Å². The lowest BCUT2D eigenvalue weighted by Crippen LogP contribution is -2.38. The number of thiophene rings is 1. The van der Waals surface area contributed by atoms with Crippen molar-refractivity contribution < 1.29 is 18.7 Å². The van der Waals surface area contributed by atoms with Gasteiger partial charge in [0.05, 0.1) is 25.9 Å². The highest BCUT2D eigenvalue weighted by molar-refractivity contribution is 7.15. The number of hydrogen-bond donors (Lipinski definition) is 0. The number of Topliss-reactive ketones (excluding diaryl/α,β-unsaturated/α-hetero) is 1. The summed E-state index contributed by atoms with van der Waals surface area (Å²) in [7, 11) is 0. The van der Waals surface area contributed by atoms with E-state index in [1.165, 1.54) is 28.1 Å². The molecule has 5 heteroatoms. The Kier molecular flexibility index (Phi) is 9.76. The summed E-state index contributed by atoms with van der Waals surface area (Å²) in [4.78, 5) is 16.3. The maximum absolute atomic E-state index is 14.0. The molecule has 1 aromatic heterocycles. The largest absolute Gasteiger partial charge is 0.376 e. The molecule has 224 valence electrons. The van der Waals surface area contributed by atoms with Crippen LogP contribution in [0.2, 0.25) is 0 Å². The third-order valence-corrected chi connectivity index (χ3v) is 9.62. The maximum Gasteiger partial charge on any atom is 0.145 e. The van der Waals surface area contributed by atoms with Crippen LogP contribution in [0.5, 0.6) is 0 Å². The van der Waals surface area contributed by atoms with E-state index < -0.39 is 0 Å². The van der Waals surface area contributed by atoms with E-state index in [4.69, 9.17) is 9.47 Å². The van der Waals surface area contributed by atoms with E-state index in [2.05, 4.69) is 49.4 Å². The van der Waals surface area contributed by atoms with E-state index in [-0.39, 0.29) is 29.5 Å². The number of ether oxygens (including phenoxy) is 2. The highest BCUT2D eigenvalue weighted by Crippen LogP contribution is 2.37. The Hall–Kier alpha value is -3.90. The van der Waals surface area contributed by atoms with Gasteiger partial charge in [0.15, 0.2) is 0 Å². The molecule has 44 heavy (non-hydrogen) atoms. The quantitative estimate of drug-likeness (QED) is 0.151. The number of rotatable bonds is 11. The molecule has 1 aliphatic rings. The molecule has 0 radical (unpaired) electrons. The summed E-state index contributed by atoms with van der Waals surface area (Å²) in [6.45, 7) is 3.52. The van der Waals surface area contributed by atoms with Crippen LogP contribution < -0.4 is 0 Å². The number of carbonyl (C=O) groups excluding carboxylic acids is 1. The molecule has 3 unspecified atom stereocenters. The van der Waals surface area contributed by atoms with Crippen molar-refractivity contribution in [2.45, 2.75) is 51.4 Å². The predicted octanol–water partition coefficient (Wildman–Crippen LogP) is 9.32. The van der Waals surface area contributed by atoms with Gasteiger partial charge in [-0.1, -0.05) is 91.0 Å². The molecule has 1 aliphatic carbocycles. The van der Waals surface area contributed by atoms with Crippen LogP contribution in [0.15, 0.2) is 115 Å². The first-order valence-corrected chi connectivity index (χ1v) is 16.1. The molecule has 6 rings (SSSR count). The number of carbonyl (C=O) groups is 1. The van der Waals surface area contributed by atoms with Gasteiger partial charge < -0.3 is 9.47 Å². The van der Waals surface area contributed by atoms with Gasteiger partial charge in [0.1, 0.15) is 11.6 Å². The summed E-state index contributed by atoms with van der Waals surface area (Å²) in [6, 6.07) is 37.7. The normalized spacial score (nSPS) is 18.4. The summed E-state index contributed by atoms with van der Waals surface area (Å²) in [5.74, 6) is -0.457. The van der Waals surface area contributed by atoms with E-state index in [1.807, 2.05) is 60.7 Å². The van der Waals surface area contributed by atoms with Crippen LogP contribution in [0.1, 0.15) is 51.5 Å². The third-order valence-electron chi connectivity index (χ3n) is 8.48. The topological polar surface area (TPSA) is 35.5 Å². The monoisotopic (exact) mass is 604 g/mol. The van der Waals surface area contributed by atoms with Crippen molar-refractivity contribution in [1.82, 2.24) is 0 Å². The van der Waals surface area contributed by atoms with Gasteiger partial charge in [-0.2, -0.15) is 0 Å². The average molecular weight is 605 g/mol. The fourth-order valence-corrected chi connectivity index (χ4v) is 7.03. The zero-order chi connectivity index (χ0) is 30.3. The third kappa shape index (κ3) is 7.59. The molecule has 1 fully saturated rings. The molecule has 4 aromatic carbocycles. The van der Waals surface area contributed by atoms with E-state index >= 15 is 0 Å². The van der Waals surface area contributed by atoms with Crippen molar-refractivity contribution in [3.8, 4) is 10.4 Å². The molecule has 3 atom stereocenters. The molecule has 1 saturated carbocycles. The van der Waals surface area contributed by atoms with Gasteiger partial charge in [0, 0.05) is 28.0 Å². The van der Waals surface area contributed by atoms with Crippen LogP contribution in [-0.4, -0.2) is 18.5 Å². The average Bonchev–Trinajstić information content (AvgIpc) is 3.52. The van der Waals surface area contributed by atoms with Crippen LogP contribution in [0, 0.1) is 18.7 Å². The highest BCUT2D eigenvalue weighted by atomic mass is 32.1. The smallest absolute Gasteiger partial charge is 0.145 e. The molecule has 0 aliphatic heterocycles. The summed E-state index contributed by atoms with van der Waals surface area (Å²) in [6.07, 6.45) is 2.07. The highest BCUT2D eigenvalue weighted by Gasteiger charge is 2.38. The molecule has 3 nitrogen and oxygen atoms in total. The summed E-state index contributed by atoms with van der Waals surface area (Å²) in [5, 5.41) is 0. The van der Waals surface area contributed by atoms with Crippen molar-refractivity contribution in [3.05, 3.63) is 154 Å². The van der Waals surface area contributed by atoms with Gasteiger partial charge in [-0.25, -0.2) is 4.39 Å². The Morgan fingerprint density at radius 1 is 0.795 bits per heavy atom. The summed E-state index contributed by atoms with van der Waals surface area (Å²) in [5.41, 5.74) is 6.71. The van der Waals surface area contributed by atoms with Crippen molar-refractivity contribution in [3.63, 3.8) is 0 Å². The molecular weight excluding hydrogens is 567 g/mol. The van der Waals surface area contributed by atoms with Gasteiger partial charge in [0.25, 0.3) is 0 Å². The fourth-order valence-electron chi connectivity index (χ4n) is 5.99. The Bertz CT molecular complexity index is 1660. The molecule has 5 aromatic rings. The number of benzene rings is 4. The first-order valence-electron chi connectivity index (χ1n) is 15.3. The van der Waals surface area contributed by atoms with Crippen molar-refractivity contribution in [1.29, 1.82) is 0 Å². The van der Waals surface area contributed by atoms with Crippen molar-refractivity contribution in [2.75, 3.05) is 6.61 Å². The predicted molar refractivity (Wildman–Crippen MR) is 175 cm³/mol. The van der Waals surface area contributed by atoms with E-state index in [9.17, 15) is 9.18 Å². The lowest BCUT2D eigenvalue weighted by molar-refractivity contribution is -0.134. The molecule has 0 spiro atoms. The SMILES string of the molecule is Cc1ccc(C2CC(OCc3ccccc3)CC(COCc3ccccc3)C2=O)cc1Cc1ccc(-c2ccc(F)cc2)s1. The fraction of sp³-hybridized carbons (Fsp3) is 0.256. The minimum absolute atomic E-state index is 0.0384. The van der Waals surface area contributed by atoms with Crippen LogP contribution >= 0.6 is 11.3 Å². The second-order valence-electron chi connectivity index (χ2n) is 11.7. The molecule has 0 amide bonds. The Morgan fingerprint density at radius 3 is 2.23 bits per heavy atom. The van der Waals surface area contributed by atoms with E-state index in [0.29, 0.717) is 32.7 Å². The standard InChI is InChI=1S/C39H37FO3S/c1-27-12-13-31(20-32(27)22-36-18-19-38(44-36)30-14-16-34(40)17-15-30)37-23-35(43-25-29-10-6-3-7-11-29)21-33(39(37)41)26-42-24-28-8-4-2-5-9-28/h2-20,33,35,37H,21-26H2,1H3. The summed E-state index contributed by atoms with van der Waals surface area (Å²) >= 11 is 1.72. The number of ketones is 1. The minimum atomic E-state index is -0.243. The zero-order valence-electron chi connectivity index (χ0n) is 25.0. The Balaban J connectivity index is 1.19. The lowest BCUT2D eigenvalue weighted by atomic mass is 9.75. The second kappa shape index (κ2) is 14.3. The second-order valence-corrected chi connectivity index (χ2v) is 12.8. The Labute approximate surface area is 263 Å². The molecular formula is C39H37FO3S. The molecule has 0 N–H and O–H groups in total. The Morgan fingerprint density at radius 2 is 1.50 bits per heavy atom. The van der Waals surface area contributed by atoms with Gasteiger partial charge in [-0.3, -0.25) is 4.79 Å². The van der Waals surface area contributed by atoms with Crippen LogP contribution in [-0.2, 0) is 33.9 Å². The zero-order valence-corrected chi connectivity index (χ0v) is 25.8. The van der Waals surface area contributed by atoms with Crippen LogP contribution in [0.4, 0.5) is 4.39 Å². The summed E-state index contributed by atoms with van der Waals surface area (Å²) < 4.78 is 26.0. The van der Waals surface area contributed by atoms with Gasteiger partial charge >= 0.3 is 0 Å². The number of halogens is 1. The molecule has 1 heterocycles. The molecule has 0 saturated heterocycles. The van der Waals surface area contributed by atoms with Gasteiger partial charge in [-0.15, -0.1) is 11.3 Å². The van der Waals surface area contributed by atoms with E-state index in [0.717, 1.165) is 33.6 Å². The van der Waals surface area contributed by atoms with Gasteiger partial charge in [0.2, 0.25) is 0 Å². The number of aryl methyl sites for hydroxylation is 1. The first-order chi connectivity index (χ1) is 21.5. The maximum atomic E-state index is 14.0. The molecule has 0 bridgehead atoms. The lowest BCUT2D eigenvalue weighted by Gasteiger charge is -2.34. The van der Waals surface area contributed by atoms with Crippen LogP contribution in [0.25, 0.3) is 10.4 Å². The van der Waals surface area contributed by atoms with E-state index in [1.54, 1.807) is 11.3 Å². The van der Waals surface area contributed by atoms with Crippen molar-refractivity contribution >= 4 is 17.1 Å². The first kappa shape index (κ1) is 30.1. The van der Waals surface area contributed by atoms with Gasteiger partial charge in [-0.05, 0) is 77.4 Å². The van der Waals surface area contributed by atoms with Crippen molar-refractivity contribution in [2.24, 2.45) is 5.92 Å². The minimum Gasteiger partial charge on any atom is -0.376 e.